The molecule has 108 valence electrons. The molecule has 1 N–H and O–H groups in total. The van der Waals surface area contributed by atoms with Crippen LogP contribution in [0.5, 0.6) is 0 Å². The van der Waals surface area contributed by atoms with E-state index in [1.165, 1.54) is 19.3 Å². The van der Waals surface area contributed by atoms with E-state index in [1.807, 2.05) is 0 Å². The predicted octanol–water partition coefficient (Wildman–Crippen LogP) is 1.07. The van der Waals surface area contributed by atoms with Gasteiger partial charge >= 0.3 is 0 Å². The second-order valence-corrected chi connectivity index (χ2v) is 6.75. The Morgan fingerprint density at radius 1 is 1.16 bits per heavy atom. The highest BCUT2D eigenvalue weighted by Crippen LogP contribution is 2.30. The standard InChI is InChI=1S/C15H27N3O/c1-15(6-3-7-16-12-15)14(19)18-10-8-17(9-11-18)13-4-2-5-13/h13,16H,2-12H2,1H3. The van der Waals surface area contributed by atoms with Crippen molar-refractivity contribution >= 4 is 5.91 Å². The lowest BCUT2D eigenvalue weighted by atomic mass is 9.81. The predicted molar refractivity (Wildman–Crippen MR) is 76.0 cm³/mol. The maximum Gasteiger partial charge on any atom is 0.229 e. The molecule has 0 radical (unpaired) electrons. The Hall–Kier alpha value is -0.610. The maximum atomic E-state index is 12.7. The molecule has 1 aliphatic carbocycles. The van der Waals surface area contributed by atoms with Crippen LogP contribution in [-0.2, 0) is 4.79 Å². The van der Waals surface area contributed by atoms with Gasteiger partial charge in [-0.05, 0) is 39.2 Å². The number of hydrogen-bond acceptors (Lipinski definition) is 3. The molecule has 2 heterocycles. The Labute approximate surface area is 116 Å². The summed E-state index contributed by atoms with van der Waals surface area (Å²) in [6, 6.07) is 0.823. The summed E-state index contributed by atoms with van der Waals surface area (Å²) in [6.07, 6.45) is 6.31. The highest BCUT2D eigenvalue weighted by molar-refractivity contribution is 5.82. The van der Waals surface area contributed by atoms with Crippen molar-refractivity contribution in [3.05, 3.63) is 0 Å². The average Bonchev–Trinajstić information content (AvgIpc) is 2.38. The first kappa shape index (κ1) is 13.4. The van der Waals surface area contributed by atoms with Crippen LogP contribution in [-0.4, -0.2) is 61.0 Å². The van der Waals surface area contributed by atoms with E-state index in [9.17, 15) is 4.79 Å². The summed E-state index contributed by atoms with van der Waals surface area (Å²) in [5, 5.41) is 3.38. The van der Waals surface area contributed by atoms with E-state index >= 15 is 0 Å². The van der Waals surface area contributed by atoms with Crippen molar-refractivity contribution in [1.29, 1.82) is 0 Å². The summed E-state index contributed by atoms with van der Waals surface area (Å²) >= 11 is 0. The summed E-state index contributed by atoms with van der Waals surface area (Å²) in [6.45, 7) is 8.10. The van der Waals surface area contributed by atoms with Crippen molar-refractivity contribution in [2.75, 3.05) is 39.3 Å². The third kappa shape index (κ3) is 2.65. The topological polar surface area (TPSA) is 35.6 Å². The van der Waals surface area contributed by atoms with Crippen molar-refractivity contribution in [3.8, 4) is 0 Å². The Morgan fingerprint density at radius 3 is 2.42 bits per heavy atom. The molecule has 3 aliphatic rings. The normalized spacial score (nSPS) is 34.1. The summed E-state index contributed by atoms with van der Waals surface area (Å²) in [5.41, 5.74) is -0.156. The fraction of sp³-hybridized carbons (Fsp3) is 0.933. The zero-order chi connectivity index (χ0) is 13.3. The van der Waals surface area contributed by atoms with Crippen LogP contribution in [0, 0.1) is 5.41 Å². The van der Waals surface area contributed by atoms with Gasteiger partial charge in [0, 0.05) is 38.8 Å². The first-order valence-corrected chi connectivity index (χ1v) is 7.93. The summed E-state index contributed by atoms with van der Waals surface area (Å²) in [7, 11) is 0. The minimum atomic E-state index is -0.156. The monoisotopic (exact) mass is 265 g/mol. The van der Waals surface area contributed by atoms with Gasteiger partial charge in [0.05, 0.1) is 5.41 Å². The lowest BCUT2D eigenvalue weighted by molar-refractivity contribution is -0.144. The molecule has 2 saturated heterocycles. The molecule has 0 aromatic carbocycles. The molecule has 0 aromatic rings. The minimum absolute atomic E-state index is 0.156. The molecule has 0 aromatic heterocycles. The number of carbonyl (C=O) groups excluding carboxylic acids is 1. The van der Waals surface area contributed by atoms with Gasteiger partial charge in [0.15, 0.2) is 0 Å². The first-order valence-electron chi connectivity index (χ1n) is 7.93. The second-order valence-electron chi connectivity index (χ2n) is 6.75. The van der Waals surface area contributed by atoms with Gasteiger partial charge in [-0.15, -0.1) is 0 Å². The molecule has 1 amide bonds. The van der Waals surface area contributed by atoms with Crippen molar-refractivity contribution in [2.24, 2.45) is 5.41 Å². The van der Waals surface area contributed by atoms with Gasteiger partial charge in [0.2, 0.25) is 5.91 Å². The molecule has 3 fully saturated rings. The molecule has 19 heavy (non-hydrogen) atoms. The van der Waals surface area contributed by atoms with Crippen LogP contribution in [0.15, 0.2) is 0 Å². The molecular formula is C15H27N3O. The van der Waals surface area contributed by atoms with Crippen LogP contribution in [0.4, 0.5) is 0 Å². The largest absolute Gasteiger partial charge is 0.340 e. The number of nitrogens with zero attached hydrogens (tertiary/aromatic N) is 2. The lowest BCUT2D eigenvalue weighted by Crippen LogP contribution is -2.57. The number of piperidine rings is 1. The SMILES string of the molecule is CC1(C(=O)N2CCN(C3CCC3)CC2)CCCNC1. The van der Waals surface area contributed by atoms with Crippen LogP contribution in [0.3, 0.4) is 0 Å². The van der Waals surface area contributed by atoms with Crippen LogP contribution in [0.1, 0.15) is 39.0 Å². The number of carbonyl (C=O) groups is 1. The van der Waals surface area contributed by atoms with E-state index in [0.29, 0.717) is 5.91 Å². The second kappa shape index (κ2) is 5.41. The number of rotatable bonds is 2. The maximum absolute atomic E-state index is 12.7. The van der Waals surface area contributed by atoms with Crippen LogP contribution in [0.25, 0.3) is 0 Å². The average molecular weight is 265 g/mol. The van der Waals surface area contributed by atoms with Gasteiger partial charge in [-0.3, -0.25) is 9.69 Å². The van der Waals surface area contributed by atoms with Gasteiger partial charge in [0.25, 0.3) is 0 Å². The van der Waals surface area contributed by atoms with E-state index in [2.05, 4.69) is 22.0 Å². The molecule has 3 rings (SSSR count). The lowest BCUT2D eigenvalue weighted by Gasteiger charge is -2.45. The van der Waals surface area contributed by atoms with Gasteiger partial charge in [-0.2, -0.15) is 0 Å². The smallest absolute Gasteiger partial charge is 0.229 e. The van der Waals surface area contributed by atoms with Gasteiger partial charge in [-0.25, -0.2) is 0 Å². The van der Waals surface area contributed by atoms with Crippen molar-refractivity contribution < 1.29 is 4.79 Å². The van der Waals surface area contributed by atoms with Crippen molar-refractivity contribution in [3.63, 3.8) is 0 Å². The fourth-order valence-electron chi connectivity index (χ4n) is 3.66. The van der Waals surface area contributed by atoms with Gasteiger partial charge < -0.3 is 10.2 Å². The third-order valence-electron chi connectivity index (χ3n) is 5.31. The fourth-order valence-corrected chi connectivity index (χ4v) is 3.66. The van der Waals surface area contributed by atoms with Crippen molar-refractivity contribution in [1.82, 2.24) is 15.1 Å². The third-order valence-corrected chi connectivity index (χ3v) is 5.31. The Balaban J connectivity index is 1.53. The zero-order valence-corrected chi connectivity index (χ0v) is 12.2. The highest BCUT2D eigenvalue weighted by Gasteiger charge is 2.39. The number of hydrogen-bond donors (Lipinski definition) is 1. The zero-order valence-electron chi connectivity index (χ0n) is 12.2. The number of nitrogens with one attached hydrogen (secondary N) is 1. The van der Waals surface area contributed by atoms with E-state index in [1.54, 1.807) is 0 Å². The van der Waals surface area contributed by atoms with Crippen LogP contribution < -0.4 is 5.32 Å². The molecular weight excluding hydrogens is 238 g/mol. The highest BCUT2D eigenvalue weighted by atomic mass is 16.2. The Morgan fingerprint density at radius 2 is 1.89 bits per heavy atom. The molecule has 1 unspecified atom stereocenters. The first-order chi connectivity index (χ1) is 9.19. The summed E-state index contributed by atoms with van der Waals surface area (Å²) in [5.74, 6) is 0.382. The number of amides is 1. The van der Waals surface area contributed by atoms with E-state index in [-0.39, 0.29) is 5.41 Å². The minimum Gasteiger partial charge on any atom is -0.340 e. The molecule has 4 heteroatoms. The Kier molecular flexibility index (Phi) is 3.81. The summed E-state index contributed by atoms with van der Waals surface area (Å²) < 4.78 is 0. The van der Waals surface area contributed by atoms with Crippen LogP contribution >= 0.6 is 0 Å². The molecule has 4 nitrogen and oxygen atoms in total. The van der Waals surface area contributed by atoms with E-state index in [0.717, 1.165) is 58.2 Å². The Bertz CT molecular complexity index is 326. The van der Waals surface area contributed by atoms with Crippen LogP contribution in [0.2, 0.25) is 0 Å². The molecule has 0 spiro atoms. The van der Waals surface area contributed by atoms with Gasteiger partial charge in [-0.1, -0.05) is 6.42 Å². The van der Waals surface area contributed by atoms with E-state index < -0.39 is 0 Å². The van der Waals surface area contributed by atoms with E-state index in [4.69, 9.17) is 0 Å². The molecule has 1 saturated carbocycles. The number of piperazine rings is 1. The molecule has 0 bridgehead atoms. The molecule has 1 atom stereocenters. The van der Waals surface area contributed by atoms with Crippen molar-refractivity contribution in [2.45, 2.75) is 45.1 Å². The van der Waals surface area contributed by atoms with Gasteiger partial charge in [0.1, 0.15) is 0 Å². The quantitative estimate of drug-likeness (QED) is 0.811. The molecule has 2 aliphatic heterocycles. The summed E-state index contributed by atoms with van der Waals surface area (Å²) in [4.78, 5) is 17.4.